The van der Waals surface area contributed by atoms with Gasteiger partial charge in [-0.25, -0.2) is 0 Å². The maximum Gasteiger partial charge on any atom is 0.191 e. The minimum absolute atomic E-state index is 0.480. The molecule has 0 saturated heterocycles. The van der Waals surface area contributed by atoms with Gasteiger partial charge in [-0.15, -0.1) is 0 Å². The number of thioether (sulfide) groups is 1. The molecule has 0 spiro atoms. The number of aliphatic imine (C=N–C) groups is 1. The Balaban J connectivity index is 3.88. The highest BCUT2D eigenvalue weighted by molar-refractivity contribution is 7.99. The summed E-state index contributed by atoms with van der Waals surface area (Å²) in [5.41, 5.74) is 0. The Morgan fingerprint density at radius 2 is 1.82 bits per heavy atom. The Morgan fingerprint density at radius 1 is 1.18 bits per heavy atom. The summed E-state index contributed by atoms with van der Waals surface area (Å²) in [4.78, 5) is 4.25. The van der Waals surface area contributed by atoms with Crippen LogP contribution in [0.5, 0.6) is 0 Å². The Morgan fingerprint density at radius 3 is 2.29 bits per heavy atom. The van der Waals surface area contributed by atoms with Crippen molar-refractivity contribution in [3.05, 3.63) is 0 Å². The molecule has 4 heteroatoms. The zero-order chi connectivity index (χ0) is 13.3. The highest BCUT2D eigenvalue weighted by Gasteiger charge is 2.07. The van der Waals surface area contributed by atoms with Crippen LogP contribution in [0.15, 0.2) is 4.99 Å². The fraction of sp³-hybridized carbons (Fsp3) is 0.923. The fourth-order valence-corrected chi connectivity index (χ4v) is 1.66. The highest BCUT2D eigenvalue weighted by Crippen LogP contribution is 2.06. The Labute approximate surface area is 111 Å². The predicted molar refractivity (Wildman–Crippen MR) is 81.0 cm³/mol. The summed E-state index contributed by atoms with van der Waals surface area (Å²) in [6.07, 6.45) is 4.58. The first-order chi connectivity index (χ1) is 7.99. The molecule has 17 heavy (non-hydrogen) atoms. The molecular weight excluding hydrogens is 230 g/mol. The van der Waals surface area contributed by atoms with Crippen LogP contribution < -0.4 is 10.6 Å². The molecule has 0 fully saturated rings. The third-order valence-electron chi connectivity index (χ3n) is 2.74. The molecule has 0 aliphatic heterocycles. The normalized spacial score (nSPS) is 15.8. The first-order valence-electron chi connectivity index (χ1n) is 6.49. The second-order valence-corrected chi connectivity index (χ2v) is 6.29. The summed E-state index contributed by atoms with van der Waals surface area (Å²) in [6.45, 7) is 9.91. The topological polar surface area (TPSA) is 36.4 Å². The standard InChI is InChI=1S/C13H29N3S/c1-10(2)7-8-11(3)16-13(14-5)15-9-12(4)17-6/h10-12H,7-9H2,1-6H3,(H2,14,15,16). The van der Waals surface area contributed by atoms with Gasteiger partial charge >= 0.3 is 0 Å². The molecule has 0 amide bonds. The lowest BCUT2D eigenvalue weighted by Gasteiger charge is -2.19. The molecule has 2 unspecified atom stereocenters. The summed E-state index contributed by atoms with van der Waals surface area (Å²) >= 11 is 1.87. The van der Waals surface area contributed by atoms with E-state index in [4.69, 9.17) is 0 Å². The molecule has 0 heterocycles. The van der Waals surface area contributed by atoms with Gasteiger partial charge in [-0.3, -0.25) is 4.99 Å². The quantitative estimate of drug-likeness (QED) is 0.545. The maximum atomic E-state index is 4.25. The summed E-state index contributed by atoms with van der Waals surface area (Å²) in [5, 5.41) is 7.40. The van der Waals surface area contributed by atoms with Crippen LogP contribution in [-0.4, -0.2) is 37.1 Å². The van der Waals surface area contributed by atoms with E-state index in [1.807, 2.05) is 18.8 Å². The largest absolute Gasteiger partial charge is 0.355 e. The second kappa shape index (κ2) is 9.63. The Kier molecular flexibility index (Phi) is 9.41. The maximum absolute atomic E-state index is 4.25. The molecule has 0 aromatic heterocycles. The van der Waals surface area contributed by atoms with Crippen LogP contribution >= 0.6 is 11.8 Å². The Hall–Kier alpha value is -0.380. The second-order valence-electron chi connectivity index (χ2n) is 5.02. The Bertz CT molecular complexity index is 217. The lowest BCUT2D eigenvalue weighted by molar-refractivity contribution is 0.489. The molecule has 3 nitrogen and oxygen atoms in total. The number of hydrogen-bond donors (Lipinski definition) is 2. The number of nitrogens with zero attached hydrogens (tertiary/aromatic N) is 1. The third kappa shape index (κ3) is 9.33. The van der Waals surface area contributed by atoms with Crippen molar-refractivity contribution in [2.45, 2.75) is 51.8 Å². The van der Waals surface area contributed by atoms with Gasteiger partial charge in [-0.2, -0.15) is 11.8 Å². The molecule has 0 bridgehead atoms. The molecule has 0 radical (unpaired) electrons. The number of hydrogen-bond acceptors (Lipinski definition) is 2. The van der Waals surface area contributed by atoms with Crippen LogP contribution in [-0.2, 0) is 0 Å². The van der Waals surface area contributed by atoms with Crippen molar-refractivity contribution in [3.63, 3.8) is 0 Å². The molecule has 0 saturated carbocycles. The van der Waals surface area contributed by atoms with E-state index in [1.54, 1.807) is 0 Å². The smallest absolute Gasteiger partial charge is 0.191 e. The van der Waals surface area contributed by atoms with Crippen molar-refractivity contribution in [1.29, 1.82) is 0 Å². The van der Waals surface area contributed by atoms with Crippen LogP contribution in [0.25, 0.3) is 0 Å². The van der Waals surface area contributed by atoms with Crippen LogP contribution in [0.3, 0.4) is 0 Å². The molecule has 0 aliphatic rings. The van der Waals surface area contributed by atoms with E-state index in [1.165, 1.54) is 12.8 Å². The van der Waals surface area contributed by atoms with Crippen LogP contribution in [0.2, 0.25) is 0 Å². The van der Waals surface area contributed by atoms with Gasteiger partial charge < -0.3 is 10.6 Å². The first kappa shape index (κ1) is 16.6. The number of nitrogens with one attached hydrogen (secondary N) is 2. The van der Waals surface area contributed by atoms with E-state index in [-0.39, 0.29) is 0 Å². The molecule has 0 aromatic carbocycles. The molecule has 0 rings (SSSR count). The van der Waals surface area contributed by atoms with E-state index >= 15 is 0 Å². The monoisotopic (exact) mass is 259 g/mol. The summed E-state index contributed by atoms with van der Waals surface area (Å²) in [5.74, 6) is 1.69. The van der Waals surface area contributed by atoms with Crippen molar-refractivity contribution in [2.24, 2.45) is 10.9 Å². The van der Waals surface area contributed by atoms with E-state index in [9.17, 15) is 0 Å². The van der Waals surface area contributed by atoms with Crippen LogP contribution in [0.4, 0.5) is 0 Å². The summed E-state index contributed by atoms with van der Waals surface area (Å²) < 4.78 is 0. The molecule has 2 atom stereocenters. The minimum Gasteiger partial charge on any atom is -0.355 e. The molecular formula is C13H29N3S. The molecule has 2 N–H and O–H groups in total. The van der Waals surface area contributed by atoms with Crippen molar-refractivity contribution < 1.29 is 0 Å². The summed E-state index contributed by atoms with van der Waals surface area (Å²) in [6, 6.07) is 0.480. The van der Waals surface area contributed by atoms with E-state index in [2.05, 4.69) is 49.6 Å². The molecule has 102 valence electrons. The van der Waals surface area contributed by atoms with Gasteiger partial charge in [-0.1, -0.05) is 20.8 Å². The van der Waals surface area contributed by atoms with Crippen molar-refractivity contribution in [1.82, 2.24) is 10.6 Å². The van der Waals surface area contributed by atoms with Gasteiger partial charge in [0.05, 0.1) is 0 Å². The molecule has 0 aromatic rings. The average molecular weight is 259 g/mol. The first-order valence-corrected chi connectivity index (χ1v) is 7.78. The van der Waals surface area contributed by atoms with Crippen LogP contribution in [0, 0.1) is 5.92 Å². The zero-order valence-corrected chi connectivity index (χ0v) is 13.0. The van der Waals surface area contributed by atoms with Gasteiger partial charge in [-0.05, 0) is 31.9 Å². The van der Waals surface area contributed by atoms with Crippen molar-refractivity contribution in [2.75, 3.05) is 19.8 Å². The predicted octanol–water partition coefficient (Wildman–Crippen LogP) is 2.73. The van der Waals surface area contributed by atoms with E-state index in [0.29, 0.717) is 11.3 Å². The SMILES string of the molecule is CN=C(NCC(C)SC)NC(C)CCC(C)C. The van der Waals surface area contributed by atoms with Gasteiger partial charge in [0.1, 0.15) is 0 Å². The average Bonchev–Trinajstić information content (AvgIpc) is 2.31. The van der Waals surface area contributed by atoms with Gasteiger partial charge in [0.15, 0.2) is 5.96 Å². The van der Waals surface area contributed by atoms with Gasteiger partial charge in [0, 0.05) is 24.9 Å². The fourth-order valence-electron chi connectivity index (χ4n) is 1.41. The van der Waals surface area contributed by atoms with E-state index in [0.717, 1.165) is 18.4 Å². The lowest BCUT2D eigenvalue weighted by atomic mass is 10.0. The number of rotatable bonds is 7. The summed E-state index contributed by atoms with van der Waals surface area (Å²) in [7, 11) is 1.83. The van der Waals surface area contributed by atoms with Crippen molar-refractivity contribution in [3.8, 4) is 0 Å². The molecule has 0 aliphatic carbocycles. The third-order valence-corrected chi connectivity index (χ3v) is 3.71. The van der Waals surface area contributed by atoms with Gasteiger partial charge in [0.2, 0.25) is 0 Å². The van der Waals surface area contributed by atoms with Crippen LogP contribution in [0.1, 0.15) is 40.5 Å². The van der Waals surface area contributed by atoms with Crippen molar-refractivity contribution >= 4 is 17.7 Å². The zero-order valence-electron chi connectivity index (χ0n) is 12.2. The minimum atomic E-state index is 0.480. The van der Waals surface area contributed by atoms with Gasteiger partial charge in [0.25, 0.3) is 0 Å². The highest BCUT2D eigenvalue weighted by atomic mass is 32.2. The lowest BCUT2D eigenvalue weighted by Crippen LogP contribution is -2.44. The van der Waals surface area contributed by atoms with E-state index < -0.39 is 0 Å². The number of guanidine groups is 1.